The summed E-state index contributed by atoms with van der Waals surface area (Å²) in [4.78, 5) is 9.60. The lowest BCUT2D eigenvalue weighted by Crippen LogP contribution is -2.48. The third-order valence-electron chi connectivity index (χ3n) is 3.93. The molecule has 0 unspecified atom stereocenters. The lowest BCUT2D eigenvalue weighted by atomic mass is 9.92. The molecule has 0 N–H and O–H groups in total. The van der Waals surface area contributed by atoms with Gasteiger partial charge in [-0.1, -0.05) is 20.8 Å². The standard InChI is InChI=1S/C16H27N3/c1-13(2)18-8-10-19(11-9-18)14-6-7-15(17-12-14)16(3,4)5/h6-7,12-13H,8-11H2,1-5H3. The number of hydrogen-bond acceptors (Lipinski definition) is 3. The van der Waals surface area contributed by atoms with E-state index in [1.165, 1.54) is 5.69 Å². The Bertz CT molecular complexity index is 395. The summed E-state index contributed by atoms with van der Waals surface area (Å²) in [6.07, 6.45) is 2.03. The molecule has 1 saturated heterocycles. The lowest BCUT2D eigenvalue weighted by Gasteiger charge is -2.38. The molecule has 0 amide bonds. The predicted molar refractivity (Wildman–Crippen MR) is 81.9 cm³/mol. The first-order valence-electron chi connectivity index (χ1n) is 7.33. The maximum atomic E-state index is 4.62. The molecule has 0 aliphatic carbocycles. The van der Waals surface area contributed by atoms with Gasteiger partial charge in [0.15, 0.2) is 0 Å². The van der Waals surface area contributed by atoms with Crippen LogP contribution >= 0.6 is 0 Å². The van der Waals surface area contributed by atoms with Crippen LogP contribution in [0.5, 0.6) is 0 Å². The van der Waals surface area contributed by atoms with Gasteiger partial charge in [0, 0.05) is 43.3 Å². The summed E-state index contributed by atoms with van der Waals surface area (Å²) in [5.74, 6) is 0. The van der Waals surface area contributed by atoms with Crippen LogP contribution in [0.4, 0.5) is 5.69 Å². The van der Waals surface area contributed by atoms with Gasteiger partial charge in [0.1, 0.15) is 0 Å². The SMILES string of the molecule is CC(C)N1CCN(c2ccc(C(C)(C)C)nc2)CC1. The number of anilines is 1. The quantitative estimate of drug-likeness (QED) is 0.816. The van der Waals surface area contributed by atoms with Crippen molar-refractivity contribution in [2.75, 3.05) is 31.1 Å². The summed E-state index contributed by atoms with van der Waals surface area (Å²) in [5, 5.41) is 0. The third kappa shape index (κ3) is 3.47. The Morgan fingerprint density at radius 3 is 2.11 bits per heavy atom. The number of nitrogens with zero attached hydrogens (tertiary/aromatic N) is 3. The van der Waals surface area contributed by atoms with Gasteiger partial charge in [-0.25, -0.2) is 0 Å². The maximum Gasteiger partial charge on any atom is 0.0553 e. The molecule has 0 aromatic carbocycles. The second kappa shape index (κ2) is 5.49. The Balaban J connectivity index is 2.00. The van der Waals surface area contributed by atoms with Crippen molar-refractivity contribution in [3.05, 3.63) is 24.0 Å². The van der Waals surface area contributed by atoms with Crippen LogP contribution in [0.15, 0.2) is 18.3 Å². The average Bonchev–Trinajstić information content (AvgIpc) is 2.38. The minimum absolute atomic E-state index is 0.134. The summed E-state index contributed by atoms with van der Waals surface area (Å²) < 4.78 is 0. The molecule has 3 heteroatoms. The molecule has 1 aromatic rings. The first-order valence-corrected chi connectivity index (χ1v) is 7.33. The molecular weight excluding hydrogens is 234 g/mol. The van der Waals surface area contributed by atoms with Gasteiger partial charge in [-0.15, -0.1) is 0 Å². The van der Waals surface area contributed by atoms with Crippen molar-refractivity contribution in [3.8, 4) is 0 Å². The number of piperazine rings is 1. The zero-order chi connectivity index (χ0) is 14.0. The van der Waals surface area contributed by atoms with E-state index in [1.54, 1.807) is 0 Å². The van der Waals surface area contributed by atoms with Crippen molar-refractivity contribution in [1.29, 1.82) is 0 Å². The van der Waals surface area contributed by atoms with E-state index < -0.39 is 0 Å². The Labute approximate surface area is 117 Å². The van der Waals surface area contributed by atoms with Crippen LogP contribution in [0.2, 0.25) is 0 Å². The van der Waals surface area contributed by atoms with Crippen LogP contribution in [-0.4, -0.2) is 42.1 Å². The Morgan fingerprint density at radius 1 is 1.05 bits per heavy atom. The molecular formula is C16H27N3. The van der Waals surface area contributed by atoms with Crippen molar-refractivity contribution in [2.24, 2.45) is 0 Å². The van der Waals surface area contributed by atoms with E-state index in [1.807, 2.05) is 6.20 Å². The van der Waals surface area contributed by atoms with E-state index >= 15 is 0 Å². The summed E-state index contributed by atoms with van der Waals surface area (Å²) >= 11 is 0. The van der Waals surface area contributed by atoms with Crippen LogP contribution in [0.1, 0.15) is 40.3 Å². The largest absolute Gasteiger partial charge is 0.368 e. The second-order valence-electron chi connectivity index (χ2n) is 6.77. The molecule has 0 bridgehead atoms. The first kappa shape index (κ1) is 14.3. The fourth-order valence-corrected chi connectivity index (χ4v) is 2.51. The maximum absolute atomic E-state index is 4.62. The highest BCUT2D eigenvalue weighted by atomic mass is 15.3. The molecule has 0 saturated carbocycles. The van der Waals surface area contributed by atoms with Gasteiger partial charge in [-0.3, -0.25) is 9.88 Å². The van der Waals surface area contributed by atoms with Crippen LogP contribution in [0.3, 0.4) is 0 Å². The van der Waals surface area contributed by atoms with Crippen LogP contribution in [-0.2, 0) is 5.41 Å². The van der Waals surface area contributed by atoms with E-state index in [0.717, 1.165) is 31.9 Å². The normalized spacial score (nSPS) is 18.1. The van der Waals surface area contributed by atoms with Crippen LogP contribution < -0.4 is 4.90 Å². The fraction of sp³-hybridized carbons (Fsp3) is 0.688. The molecule has 106 valence electrons. The number of pyridine rings is 1. The molecule has 0 spiro atoms. The fourth-order valence-electron chi connectivity index (χ4n) is 2.51. The second-order valence-corrected chi connectivity index (χ2v) is 6.77. The highest BCUT2D eigenvalue weighted by Crippen LogP contribution is 2.23. The average molecular weight is 261 g/mol. The lowest BCUT2D eigenvalue weighted by molar-refractivity contribution is 0.209. The van der Waals surface area contributed by atoms with Crippen molar-refractivity contribution in [2.45, 2.75) is 46.1 Å². The Hall–Kier alpha value is -1.09. The van der Waals surface area contributed by atoms with Crippen molar-refractivity contribution in [1.82, 2.24) is 9.88 Å². The van der Waals surface area contributed by atoms with Crippen molar-refractivity contribution in [3.63, 3.8) is 0 Å². The van der Waals surface area contributed by atoms with Crippen molar-refractivity contribution >= 4 is 5.69 Å². The zero-order valence-electron chi connectivity index (χ0n) is 13.0. The van der Waals surface area contributed by atoms with E-state index in [2.05, 4.69) is 61.5 Å². The van der Waals surface area contributed by atoms with E-state index in [4.69, 9.17) is 0 Å². The smallest absolute Gasteiger partial charge is 0.0553 e. The molecule has 0 radical (unpaired) electrons. The highest BCUT2D eigenvalue weighted by molar-refractivity contribution is 5.45. The molecule has 1 fully saturated rings. The van der Waals surface area contributed by atoms with Crippen molar-refractivity contribution < 1.29 is 0 Å². The number of rotatable bonds is 2. The summed E-state index contributed by atoms with van der Waals surface area (Å²) in [7, 11) is 0. The molecule has 3 nitrogen and oxygen atoms in total. The van der Waals surface area contributed by atoms with Gasteiger partial charge >= 0.3 is 0 Å². The van der Waals surface area contributed by atoms with Gasteiger partial charge in [0.05, 0.1) is 11.9 Å². The Morgan fingerprint density at radius 2 is 1.68 bits per heavy atom. The monoisotopic (exact) mass is 261 g/mol. The summed E-state index contributed by atoms with van der Waals surface area (Å²) in [5.41, 5.74) is 2.56. The van der Waals surface area contributed by atoms with Gasteiger partial charge in [-0.2, -0.15) is 0 Å². The van der Waals surface area contributed by atoms with Gasteiger partial charge in [0.2, 0.25) is 0 Å². The molecule has 19 heavy (non-hydrogen) atoms. The van der Waals surface area contributed by atoms with E-state index in [0.29, 0.717) is 6.04 Å². The summed E-state index contributed by atoms with van der Waals surface area (Å²) in [6.45, 7) is 15.7. The molecule has 1 aromatic heterocycles. The van der Waals surface area contributed by atoms with E-state index in [-0.39, 0.29) is 5.41 Å². The van der Waals surface area contributed by atoms with Gasteiger partial charge in [-0.05, 0) is 26.0 Å². The van der Waals surface area contributed by atoms with Crippen LogP contribution in [0, 0.1) is 0 Å². The predicted octanol–water partition coefficient (Wildman–Crippen LogP) is 2.91. The minimum Gasteiger partial charge on any atom is -0.368 e. The molecule has 0 atom stereocenters. The van der Waals surface area contributed by atoms with Gasteiger partial charge in [0.25, 0.3) is 0 Å². The topological polar surface area (TPSA) is 19.4 Å². The number of hydrogen-bond donors (Lipinski definition) is 0. The molecule has 1 aliphatic rings. The highest BCUT2D eigenvalue weighted by Gasteiger charge is 2.20. The van der Waals surface area contributed by atoms with Crippen LogP contribution in [0.25, 0.3) is 0 Å². The Kier molecular flexibility index (Phi) is 4.14. The molecule has 2 rings (SSSR count). The third-order valence-corrected chi connectivity index (χ3v) is 3.93. The molecule has 2 heterocycles. The zero-order valence-corrected chi connectivity index (χ0v) is 13.0. The van der Waals surface area contributed by atoms with Gasteiger partial charge < -0.3 is 4.90 Å². The van der Waals surface area contributed by atoms with E-state index in [9.17, 15) is 0 Å². The number of aromatic nitrogens is 1. The first-order chi connectivity index (χ1) is 8.88. The molecule has 1 aliphatic heterocycles. The summed E-state index contributed by atoms with van der Waals surface area (Å²) in [6, 6.07) is 5.05. The minimum atomic E-state index is 0.134.